The highest BCUT2D eigenvalue weighted by molar-refractivity contribution is 5.96. The summed E-state index contributed by atoms with van der Waals surface area (Å²) in [5, 5.41) is 19.1. The molecule has 0 bridgehead atoms. The Morgan fingerprint density at radius 1 is 1.06 bits per heavy atom. The molecular weight excluding hydrogens is 432 g/mol. The van der Waals surface area contributed by atoms with E-state index in [2.05, 4.69) is 25.9 Å². The number of amides is 1. The van der Waals surface area contributed by atoms with E-state index in [4.69, 9.17) is 5.11 Å². The fourth-order valence-corrected chi connectivity index (χ4v) is 3.55. The lowest BCUT2D eigenvalue weighted by molar-refractivity contribution is 0.0945. The number of fused-ring (bicyclic) bond motifs is 1. The van der Waals surface area contributed by atoms with Crippen LogP contribution in [0, 0.1) is 6.92 Å². The van der Waals surface area contributed by atoms with Gasteiger partial charge >= 0.3 is 0 Å². The maximum absolute atomic E-state index is 13.1. The van der Waals surface area contributed by atoms with Crippen LogP contribution in [0.3, 0.4) is 0 Å². The molecule has 1 amide bonds. The van der Waals surface area contributed by atoms with Gasteiger partial charge in [-0.3, -0.25) is 9.59 Å². The number of carbonyl (C=O) groups excluding carboxylic acids is 1. The number of rotatable bonds is 8. The summed E-state index contributed by atoms with van der Waals surface area (Å²) in [6.07, 6.45) is 3.49. The zero-order valence-corrected chi connectivity index (χ0v) is 19.0. The van der Waals surface area contributed by atoms with Crippen molar-refractivity contribution in [2.75, 3.05) is 23.8 Å². The summed E-state index contributed by atoms with van der Waals surface area (Å²) in [5.74, 6) is 1.32. The van der Waals surface area contributed by atoms with Crippen molar-refractivity contribution in [1.82, 2.24) is 19.9 Å². The number of anilines is 4. The van der Waals surface area contributed by atoms with Gasteiger partial charge in [-0.2, -0.15) is 0 Å². The molecule has 3 heterocycles. The first kappa shape index (κ1) is 22.9. The van der Waals surface area contributed by atoms with Crippen molar-refractivity contribution >= 4 is 39.8 Å². The van der Waals surface area contributed by atoms with Crippen LogP contribution in [0.25, 0.3) is 10.8 Å². The summed E-state index contributed by atoms with van der Waals surface area (Å²) in [7, 11) is 0. The van der Waals surface area contributed by atoms with E-state index in [9.17, 15) is 9.59 Å². The van der Waals surface area contributed by atoms with Crippen molar-refractivity contribution < 1.29 is 9.90 Å². The van der Waals surface area contributed by atoms with Crippen LogP contribution < -0.4 is 21.5 Å². The molecule has 0 fully saturated rings. The summed E-state index contributed by atoms with van der Waals surface area (Å²) in [6, 6.07) is 14.3. The van der Waals surface area contributed by atoms with Crippen LogP contribution in [0.15, 0.2) is 65.7 Å². The molecule has 0 saturated heterocycles. The molecule has 174 valence electrons. The quantitative estimate of drug-likeness (QED) is 0.320. The second kappa shape index (κ2) is 10.1. The van der Waals surface area contributed by atoms with Gasteiger partial charge in [-0.05, 0) is 73.3 Å². The molecule has 1 aromatic carbocycles. The standard InChI is InChI=1S/C25H26N6O3/c1-3-31-12-9-18-15-21(29-20-14-16(2)8-10-26-20)30-23(22(18)25(31)34)28-19-6-4-17(5-7-19)24(33)27-11-13-32/h4-10,12,14-15,32H,3,11,13H2,1-2H3,(H,27,33)(H2,26,28,29,30). The molecule has 9 heteroatoms. The topological polar surface area (TPSA) is 121 Å². The fourth-order valence-electron chi connectivity index (χ4n) is 3.55. The van der Waals surface area contributed by atoms with Gasteiger partial charge in [0.05, 0.1) is 12.0 Å². The van der Waals surface area contributed by atoms with E-state index in [1.165, 1.54) is 0 Å². The van der Waals surface area contributed by atoms with Gasteiger partial charge in [0.2, 0.25) is 0 Å². The van der Waals surface area contributed by atoms with E-state index in [0.29, 0.717) is 40.6 Å². The number of pyridine rings is 3. The minimum Gasteiger partial charge on any atom is -0.395 e. The highest BCUT2D eigenvalue weighted by Crippen LogP contribution is 2.27. The molecule has 0 aliphatic rings. The van der Waals surface area contributed by atoms with Crippen LogP contribution in [0.1, 0.15) is 22.8 Å². The van der Waals surface area contributed by atoms with Gasteiger partial charge in [-0.1, -0.05) is 0 Å². The molecule has 0 aliphatic heterocycles. The summed E-state index contributed by atoms with van der Waals surface area (Å²) in [4.78, 5) is 34.2. The van der Waals surface area contributed by atoms with Gasteiger partial charge in [0.15, 0.2) is 0 Å². The Bertz CT molecular complexity index is 1380. The molecule has 0 spiro atoms. The number of nitrogens with zero attached hydrogens (tertiary/aromatic N) is 3. The predicted molar refractivity (Wildman–Crippen MR) is 133 cm³/mol. The zero-order valence-electron chi connectivity index (χ0n) is 19.0. The smallest absolute Gasteiger partial charge is 0.262 e. The van der Waals surface area contributed by atoms with Gasteiger partial charge in [0.25, 0.3) is 11.5 Å². The molecule has 34 heavy (non-hydrogen) atoms. The average Bonchev–Trinajstić information content (AvgIpc) is 2.83. The van der Waals surface area contributed by atoms with E-state index < -0.39 is 0 Å². The molecule has 4 rings (SSSR count). The number of aliphatic hydroxyl groups excluding tert-OH is 1. The van der Waals surface area contributed by atoms with Crippen molar-refractivity contribution in [2.24, 2.45) is 0 Å². The number of aliphatic hydroxyl groups is 1. The number of aromatic nitrogens is 3. The summed E-state index contributed by atoms with van der Waals surface area (Å²) in [5.41, 5.74) is 2.05. The lowest BCUT2D eigenvalue weighted by atomic mass is 10.1. The Morgan fingerprint density at radius 3 is 2.56 bits per heavy atom. The third kappa shape index (κ3) is 5.05. The van der Waals surface area contributed by atoms with Gasteiger partial charge in [0, 0.05) is 36.7 Å². The predicted octanol–water partition coefficient (Wildman–Crippen LogP) is 3.33. The van der Waals surface area contributed by atoms with Crippen molar-refractivity contribution in [3.63, 3.8) is 0 Å². The Balaban J connectivity index is 1.72. The second-order valence-electron chi connectivity index (χ2n) is 7.75. The van der Waals surface area contributed by atoms with Gasteiger partial charge in [-0.15, -0.1) is 0 Å². The molecule has 0 atom stereocenters. The molecule has 0 radical (unpaired) electrons. The molecular formula is C25H26N6O3. The number of benzene rings is 1. The maximum Gasteiger partial charge on any atom is 0.262 e. The van der Waals surface area contributed by atoms with Crippen molar-refractivity contribution in [2.45, 2.75) is 20.4 Å². The summed E-state index contributed by atoms with van der Waals surface area (Å²) < 4.78 is 1.62. The lowest BCUT2D eigenvalue weighted by Gasteiger charge is -2.14. The van der Waals surface area contributed by atoms with Crippen molar-refractivity contribution in [1.29, 1.82) is 0 Å². The maximum atomic E-state index is 13.1. The van der Waals surface area contributed by atoms with E-state index in [1.807, 2.05) is 38.1 Å². The molecule has 0 unspecified atom stereocenters. The normalized spacial score (nSPS) is 10.8. The van der Waals surface area contributed by atoms with E-state index in [-0.39, 0.29) is 24.6 Å². The number of carbonyl (C=O) groups is 1. The van der Waals surface area contributed by atoms with E-state index >= 15 is 0 Å². The third-order valence-corrected chi connectivity index (χ3v) is 5.28. The van der Waals surface area contributed by atoms with Crippen LogP contribution in [-0.4, -0.2) is 38.7 Å². The van der Waals surface area contributed by atoms with Crippen LogP contribution in [0.5, 0.6) is 0 Å². The minimum absolute atomic E-state index is 0.123. The third-order valence-electron chi connectivity index (χ3n) is 5.28. The molecule has 0 saturated carbocycles. The molecule has 4 N–H and O–H groups in total. The molecule has 3 aromatic heterocycles. The van der Waals surface area contributed by atoms with Crippen molar-refractivity contribution in [3.8, 4) is 0 Å². The van der Waals surface area contributed by atoms with Gasteiger partial charge < -0.3 is 25.6 Å². The van der Waals surface area contributed by atoms with Crippen LogP contribution in [0.4, 0.5) is 23.1 Å². The average molecular weight is 459 g/mol. The Morgan fingerprint density at radius 2 is 1.85 bits per heavy atom. The number of nitrogens with one attached hydrogen (secondary N) is 3. The Hall–Kier alpha value is -4.24. The van der Waals surface area contributed by atoms with Crippen molar-refractivity contribution in [3.05, 3.63) is 82.4 Å². The Kier molecular flexibility index (Phi) is 6.84. The SMILES string of the molecule is CCn1ccc2cc(Nc3cc(C)ccn3)nc(Nc3ccc(C(=O)NCCO)cc3)c2c1=O. The fraction of sp³-hybridized carbons (Fsp3) is 0.200. The largest absolute Gasteiger partial charge is 0.395 e. The lowest BCUT2D eigenvalue weighted by Crippen LogP contribution is -2.26. The van der Waals surface area contributed by atoms with Gasteiger partial charge in [0.1, 0.15) is 17.5 Å². The zero-order chi connectivity index (χ0) is 24.1. The minimum atomic E-state index is -0.271. The highest BCUT2D eigenvalue weighted by atomic mass is 16.3. The number of aryl methyl sites for hydroxylation is 2. The second-order valence-corrected chi connectivity index (χ2v) is 7.75. The molecule has 9 nitrogen and oxygen atoms in total. The number of hydrogen-bond donors (Lipinski definition) is 4. The van der Waals surface area contributed by atoms with Crippen LogP contribution >= 0.6 is 0 Å². The van der Waals surface area contributed by atoms with E-state index in [1.54, 1.807) is 41.2 Å². The summed E-state index contributed by atoms with van der Waals surface area (Å²) in [6.45, 7) is 4.50. The molecule has 0 aliphatic carbocycles. The summed E-state index contributed by atoms with van der Waals surface area (Å²) >= 11 is 0. The highest BCUT2D eigenvalue weighted by Gasteiger charge is 2.13. The van der Waals surface area contributed by atoms with E-state index in [0.717, 1.165) is 10.9 Å². The van der Waals surface area contributed by atoms with Crippen LogP contribution in [0.2, 0.25) is 0 Å². The Labute approximate surface area is 196 Å². The van der Waals surface area contributed by atoms with Gasteiger partial charge in [-0.25, -0.2) is 9.97 Å². The number of hydrogen-bond acceptors (Lipinski definition) is 7. The first-order valence-corrected chi connectivity index (χ1v) is 11.0. The molecule has 4 aromatic rings. The first-order valence-electron chi connectivity index (χ1n) is 11.0. The van der Waals surface area contributed by atoms with Crippen LogP contribution in [-0.2, 0) is 6.54 Å². The first-order chi connectivity index (χ1) is 16.5. The monoisotopic (exact) mass is 458 g/mol.